The van der Waals surface area contributed by atoms with Crippen LogP contribution in [-0.2, 0) is 4.79 Å². The maximum Gasteiger partial charge on any atom is 0.230 e. The molecule has 0 radical (unpaired) electrons. The van der Waals surface area contributed by atoms with Gasteiger partial charge in [-0.3, -0.25) is 4.79 Å². The molecule has 4 aliphatic carbocycles. The Morgan fingerprint density at radius 1 is 1.11 bits per heavy atom. The minimum atomic E-state index is 0.0818. The molecule has 1 aromatic carbocycles. The lowest BCUT2D eigenvalue weighted by molar-refractivity contribution is -0.120. The summed E-state index contributed by atoms with van der Waals surface area (Å²) in [5.74, 6) is 3.17. The lowest BCUT2D eigenvalue weighted by atomic mass is 9.49. The van der Waals surface area contributed by atoms with Crippen molar-refractivity contribution in [2.24, 2.45) is 23.2 Å². The fraction of sp³-hybridized carbons (Fsp3) is 0.600. The van der Waals surface area contributed by atoms with E-state index >= 15 is 0 Å². The van der Waals surface area contributed by atoms with Gasteiger partial charge < -0.3 is 5.32 Å². The predicted octanol–water partition coefficient (Wildman–Crippen LogP) is 3.09. The quantitative estimate of drug-likeness (QED) is 0.776. The molecular formula is C20H25N5OS. The molecule has 6 rings (SSSR count). The Balaban J connectivity index is 1.17. The fourth-order valence-corrected chi connectivity index (χ4v) is 6.69. The Hall–Kier alpha value is -1.89. The molecule has 4 aliphatic rings. The van der Waals surface area contributed by atoms with E-state index in [0.717, 1.165) is 30.0 Å². The zero-order valence-corrected chi connectivity index (χ0v) is 16.2. The number of tetrazole rings is 1. The minimum absolute atomic E-state index is 0.0818. The van der Waals surface area contributed by atoms with Crippen LogP contribution in [0.4, 0.5) is 0 Å². The Kier molecular flexibility index (Phi) is 4.42. The van der Waals surface area contributed by atoms with Gasteiger partial charge in [-0.05, 0) is 84.3 Å². The van der Waals surface area contributed by atoms with Crippen molar-refractivity contribution < 1.29 is 4.79 Å². The molecule has 0 saturated heterocycles. The number of hydrogen-bond acceptors (Lipinski definition) is 5. The SMILES string of the molecule is O=C(CSc1nnnn1-c1ccccc1)NCC12CC3CC(CC(C3)C1)C2. The highest BCUT2D eigenvalue weighted by atomic mass is 32.2. The van der Waals surface area contributed by atoms with Crippen molar-refractivity contribution in [1.82, 2.24) is 25.5 Å². The van der Waals surface area contributed by atoms with E-state index in [-0.39, 0.29) is 5.91 Å². The highest BCUT2D eigenvalue weighted by Gasteiger charge is 2.50. The maximum atomic E-state index is 12.5. The molecule has 0 aliphatic heterocycles. The van der Waals surface area contributed by atoms with Crippen molar-refractivity contribution in [2.45, 2.75) is 43.7 Å². The molecule has 1 N–H and O–H groups in total. The number of carbonyl (C=O) groups excluding carboxylic acids is 1. The van der Waals surface area contributed by atoms with E-state index in [1.54, 1.807) is 4.68 Å². The van der Waals surface area contributed by atoms with Crippen LogP contribution >= 0.6 is 11.8 Å². The first-order chi connectivity index (χ1) is 13.2. The molecule has 0 atom stereocenters. The van der Waals surface area contributed by atoms with Gasteiger partial charge in [-0.1, -0.05) is 30.0 Å². The molecule has 27 heavy (non-hydrogen) atoms. The Morgan fingerprint density at radius 3 is 2.44 bits per heavy atom. The first kappa shape index (κ1) is 17.2. The summed E-state index contributed by atoms with van der Waals surface area (Å²) in [7, 11) is 0. The van der Waals surface area contributed by atoms with Crippen LogP contribution in [0.15, 0.2) is 35.5 Å². The van der Waals surface area contributed by atoms with Crippen LogP contribution in [0.5, 0.6) is 0 Å². The number of benzene rings is 1. The summed E-state index contributed by atoms with van der Waals surface area (Å²) in [6.07, 6.45) is 8.26. The summed E-state index contributed by atoms with van der Waals surface area (Å²) >= 11 is 1.39. The first-order valence-electron chi connectivity index (χ1n) is 9.92. The van der Waals surface area contributed by atoms with E-state index in [0.29, 0.717) is 16.3 Å². The largest absolute Gasteiger partial charge is 0.355 e. The van der Waals surface area contributed by atoms with Gasteiger partial charge in [-0.2, -0.15) is 4.68 Å². The molecule has 2 aromatic rings. The summed E-state index contributed by atoms with van der Waals surface area (Å²) in [4.78, 5) is 12.5. The van der Waals surface area contributed by atoms with Gasteiger partial charge in [-0.25, -0.2) is 0 Å². The third-order valence-electron chi connectivity index (χ3n) is 6.60. The highest BCUT2D eigenvalue weighted by Crippen LogP contribution is 2.59. The third kappa shape index (κ3) is 3.49. The van der Waals surface area contributed by atoms with Crippen molar-refractivity contribution in [3.8, 4) is 5.69 Å². The maximum absolute atomic E-state index is 12.5. The topological polar surface area (TPSA) is 72.7 Å². The molecule has 6 nitrogen and oxygen atoms in total. The zero-order chi connectivity index (χ0) is 18.3. The summed E-state index contributed by atoms with van der Waals surface area (Å²) in [6.45, 7) is 0.847. The standard InChI is InChI=1S/C20H25N5OS/c26-18(12-27-19-22-23-24-25(19)17-4-2-1-3-5-17)21-13-20-9-14-6-15(10-20)8-16(7-14)11-20/h1-5,14-16H,6-13H2,(H,21,26). The average Bonchev–Trinajstić information content (AvgIpc) is 3.13. The van der Waals surface area contributed by atoms with Crippen molar-refractivity contribution in [1.29, 1.82) is 0 Å². The van der Waals surface area contributed by atoms with Crippen LogP contribution in [0.1, 0.15) is 38.5 Å². The number of hydrogen-bond donors (Lipinski definition) is 1. The molecule has 1 aromatic heterocycles. The molecule has 4 saturated carbocycles. The van der Waals surface area contributed by atoms with E-state index in [4.69, 9.17) is 0 Å². The van der Waals surface area contributed by atoms with Crippen LogP contribution < -0.4 is 5.32 Å². The van der Waals surface area contributed by atoms with Crippen LogP contribution in [-0.4, -0.2) is 38.4 Å². The molecule has 4 fully saturated rings. The Bertz CT molecular complexity index is 786. The fourth-order valence-electron chi connectivity index (χ4n) is 5.97. The van der Waals surface area contributed by atoms with Gasteiger partial charge in [0.2, 0.25) is 11.1 Å². The normalized spacial score (nSPS) is 31.2. The van der Waals surface area contributed by atoms with E-state index in [9.17, 15) is 4.79 Å². The molecule has 0 unspecified atom stereocenters. The van der Waals surface area contributed by atoms with Gasteiger partial charge >= 0.3 is 0 Å². The molecule has 1 amide bonds. The van der Waals surface area contributed by atoms with Gasteiger partial charge in [0.15, 0.2) is 0 Å². The second-order valence-electron chi connectivity index (χ2n) is 8.69. The average molecular weight is 384 g/mol. The molecule has 0 spiro atoms. The summed E-state index contributed by atoms with van der Waals surface area (Å²) in [6, 6.07) is 9.76. The number of nitrogens with zero attached hydrogens (tertiary/aromatic N) is 4. The highest BCUT2D eigenvalue weighted by molar-refractivity contribution is 7.99. The van der Waals surface area contributed by atoms with E-state index in [2.05, 4.69) is 20.8 Å². The van der Waals surface area contributed by atoms with Crippen LogP contribution in [0.2, 0.25) is 0 Å². The van der Waals surface area contributed by atoms with Crippen LogP contribution in [0.3, 0.4) is 0 Å². The van der Waals surface area contributed by atoms with Gasteiger partial charge in [0, 0.05) is 6.54 Å². The number of nitrogens with one attached hydrogen (secondary N) is 1. The number of rotatable bonds is 6. The second-order valence-corrected chi connectivity index (χ2v) is 9.63. The van der Waals surface area contributed by atoms with Crippen molar-refractivity contribution >= 4 is 17.7 Å². The third-order valence-corrected chi connectivity index (χ3v) is 7.52. The van der Waals surface area contributed by atoms with E-state index < -0.39 is 0 Å². The van der Waals surface area contributed by atoms with Gasteiger partial charge in [0.1, 0.15) is 0 Å². The van der Waals surface area contributed by atoms with Crippen molar-refractivity contribution in [3.05, 3.63) is 30.3 Å². The number of carbonyl (C=O) groups is 1. The first-order valence-corrected chi connectivity index (χ1v) is 10.9. The number of para-hydroxylation sites is 1. The van der Waals surface area contributed by atoms with Gasteiger partial charge in [-0.15, -0.1) is 5.10 Å². The molecule has 142 valence electrons. The van der Waals surface area contributed by atoms with Crippen LogP contribution in [0, 0.1) is 23.2 Å². The monoisotopic (exact) mass is 383 g/mol. The van der Waals surface area contributed by atoms with E-state index in [1.807, 2.05) is 30.3 Å². The van der Waals surface area contributed by atoms with Gasteiger partial charge in [0.05, 0.1) is 11.4 Å². The molecule has 1 heterocycles. The van der Waals surface area contributed by atoms with Gasteiger partial charge in [0.25, 0.3) is 0 Å². The number of amides is 1. The van der Waals surface area contributed by atoms with Crippen molar-refractivity contribution in [2.75, 3.05) is 12.3 Å². The molecular weight excluding hydrogens is 358 g/mol. The number of thioether (sulfide) groups is 1. The summed E-state index contributed by atoms with van der Waals surface area (Å²) < 4.78 is 1.68. The van der Waals surface area contributed by atoms with E-state index in [1.165, 1.54) is 50.3 Å². The van der Waals surface area contributed by atoms with Crippen molar-refractivity contribution in [3.63, 3.8) is 0 Å². The number of aromatic nitrogens is 4. The smallest absolute Gasteiger partial charge is 0.230 e. The van der Waals surface area contributed by atoms with Crippen LogP contribution in [0.25, 0.3) is 5.69 Å². The Labute approximate surface area is 163 Å². The predicted molar refractivity (Wildman–Crippen MR) is 103 cm³/mol. The second kappa shape index (κ2) is 6.93. The lowest BCUT2D eigenvalue weighted by Crippen LogP contribution is -2.51. The summed E-state index contributed by atoms with van der Waals surface area (Å²) in [5, 5.41) is 15.7. The lowest BCUT2D eigenvalue weighted by Gasteiger charge is -2.56. The molecule has 4 bridgehead atoms. The Morgan fingerprint density at radius 2 is 1.78 bits per heavy atom. The summed E-state index contributed by atoms with van der Waals surface area (Å²) in [5.41, 5.74) is 1.28. The minimum Gasteiger partial charge on any atom is -0.355 e. The molecule has 7 heteroatoms. The zero-order valence-electron chi connectivity index (χ0n) is 15.4.